The fourth-order valence-electron chi connectivity index (χ4n) is 4.69. The monoisotopic (exact) mass is 556 g/mol. The third-order valence-corrected chi connectivity index (χ3v) is 8.55. The number of carbonyl (C=O) groups is 3. The molecule has 0 bridgehead atoms. The molecule has 1 aromatic carbocycles. The number of para-hydroxylation sites is 1. The highest BCUT2D eigenvalue weighted by Gasteiger charge is 2.37. The van der Waals surface area contributed by atoms with E-state index in [1.807, 2.05) is 26.0 Å². The van der Waals surface area contributed by atoms with Crippen molar-refractivity contribution in [3.8, 4) is 0 Å². The number of sulfonamides is 1. The fourth-order valence-corrected chi connectivity index (χ4v) is 6.16. The molecular formula is C27H32N4O7S. The van der Waals surface area contributed by atoms with Crippen LogP contribution >= 0.6 is 0 Å². The molecule has 3 heterocycles. The molecule has 2 N–H and O–H groups in total. The predicted octanol–water partition coefficient (Wildman–Crippen LogP) is 2.06. The molecule has 39 heavy (non-hydrogen) atoms. The number of pyridine rings is 1. The lowest BCUT2D eigenvalue weighted by atomic mass is 10.0. The summed E-state index contributed by atoms with van der Waals surface area (Å²) >= 11 is 0. The van der Waals surface area contributed by atoms with Gasteiger partial charge in [-0.15, -0.1) is 0 Å². The summed E-state index contributed by atoms with van der Waals surface area (Å²) in [4.78, 5) is 39.4. The molecule has 2 amide bonds. The second kappa shape index (κ2) is 11.5. The molecule has 4 rings (SSSR count). The van der Waals surface area contributed by atoms with Gasteiger partial charge in [-0.3, -0.25) is 14.4 Å². The molecular weight excluding hydrogens is 524 g/mol. The summed E-state index contributed by atoms with van der Waals surface area (Å²) in [5.74, 6) is -1.42. The molecule has 208 valence electrons. The molecule has 1 saturated heterocycles. The number of rotatable bonds is 8. The molecule has 0 aliphatic carbocycles. The minimum atomic E-state index is -4.21. The number of benzene rings is 1. The molecule has 1 unspecified atom stereocenters. The van der Waals surface area contributed by atoms with Crippen molar-refractivity contribution in [2.24, 2.45) is 5.92 Å². The van der Waals surface area contributed by atoms with E-state index < -0.39 is 51.3 Å². The summed E-state index contributed by atoms with van der Waals surface area (Å²) in [5.41, 5.74) is 1.22. The average molecular weight is 557 g/mol. The Morgan fingerprint density at radius 2 is 1.90 bits per heavy atom. The number of nitrogens with one attached hydrogen (secondary N) is 2. The lowest BCUT2D eigenvalue weighted by Crippen LogP contribution is -2.53. The van der Waals surface area contributed by atoms with Gasteiger partial charge in [0.2, 0.25) is 5.91 Å². The third kappa shape index (κ3) is 6.12. The quantitative estimate of drug-likeness (QED) is 0.318. The number of furan rings is 1. The minimum absolute atomic E-state index is 0.0207. The number of ketones is 1. The highest BCUT2D eigenvalue weighted by molar-refractivity contribution is 7.89. The number of hydrogen-bond donors (Lipinski definition) is 2. The predicted molar refractivity (Wildman–Crippen MR) is 142 cm³/mol. The first-order valence-corrected chi connectivity index (χ1v) is 14.2. The van der Waals surface area contributed by atoms with E-state index in [-0.39, 0.29) is 29.4 Å². The van der Waals surface area contributed by atoms with Crippen LogP contribution in [0, 0.1) is 18.0 Å². The molecule has 0 spiro atoms. The number of fused-ring (bicyclic) bond motifs is 1. The van der Waals surface area contributed by atoms with E-state index >= 15 is 0 Å². The maximum absolute atomic E-state index is 13.3. The Bertz CT molecular complexity index is 1500. The second-order valence-electron chi connectivity index (χ2n) is 10.1. The van der Waals surface area contributed by atoms with Crippen LogP contribution in [0.3, 0.4) is 0 Å². The number of hydrogen-bond acceptors (Lipinski definition) is 7. The Morgan fingerprint density at radius 1 is 1.18 bits per heavy atom. The van der Waals surface area contributed by atoms with Crippen molar-refractivity contribution >= 4 is 38.6 Å². The van der Waals surface area contributed by atoms with Crippen LogP contribution in [0.1, 0.15) is 49.2 Å². The number of aromatic nitrogens is 1. The molecule has 2 aromatic heterocycles. The Morgan fingerprint density at radius 3 is 2.59 bits per heavy atom. The fraction of sp³-hybridized carbons (Fsp3) is 0.407. The van der Waals surface area contributed by atoms with Gasteiger partial charge in [-0.1, -0.05) is 32.0 Å². The van der Waals surface area contributed by atoms with Crippen molar-refractivity contribution < 1.29 is 31.9 Å². The normalized spacial score (nSPS) is 17.6. The molecule has 11 nitrogen and oxygen atoms in total. The zero-order valence-corrected chi connectivity index (χ0v) is 22.9. The van der Waals surface area contributed by atoms with Crippen molar-refractivity contribution in [3.05, 3.63) is 65.2 Å². The summed E-state index contributed by atoms with van der Waals surface area (Å²) in [6, 6.07) is 9.39. The van der Waals surface area contributed by atoms with Crippen LogP contribution in [0.5, 0.6) is 0 Å². The van der Waals surface area contributed by atoms with Gasteiger partial charge in [0.25, 0.3) is 5.91 Å². The number of Topliss-reactive ketones (excluding diaryl/α,β-unsaturated/α-hetero) is 1. The van der Waals surface area contributed by atoms with Gasteiger partial charge in [0.15, 0.2) is 17.7 Å². The lowest BCUT2D eigenvalue weighted by molar-refractivity contribution is -0.646. The van der Waals surface area contributed by atoms with E-state index in [1.54, 1.807) is 19.1 Å². The number of aryl methyl sites for hydroxylation is 1. The number of amides is 2. The Kier molecular flexibility index (Phi) is 8.36. The van der Waals surface area contributed by atoms with Crippen LogP contribution in [0.25, 0.3) is 11.0 Å². The van der Waals surface area contributed by atoms with Crippen molar-refractivity contribution in [1.29, 1.82) is 0 Å². The molecule has 3 aromatic rings. The number of carbonyl (C=O) groups excluding carboxylic acids is 3. The maximum Gasteiger partial charge on any atom is 0.323 e. The highest BCUT2D eigenvalue weighted by atomic mass is 32.2. The summed E-state index contributed by atoms with van der Waals surface area (Å²) in [5, 5.41) is 17.8. The smallest absolute Gasteiger partial charge is 0.323 e. The standard InChI is InChI=1S/C27H32N4O7S/c1-17(2)15-21(29-27(34)25-18(3)19-9-4-5-11-23(19)38-25)26(33)28-20-10-8-13-30(16-22(20)32)39(36,37)24-12-6-7-14-31(24)35/h4-7,9,11-12,14,17,20-21H,8,10,13,15-16H2,1-3H3,(H,28,33)(H,29,34)/t20?,21-/m1/s1. The van der Waals surface area contributed by atoms with Crippen LogP contribution in [-0.4, -0.2) is 55.5 Å². The summed E-state index contributed by atoms with van der Waals surface area (Å²) in [6.07, 6.45) is 1.90. The van der Waals surface area contributed by atoms with Crippen molar-refractivity contribution in [2.75, 3.05) is 13.1 Å². The van der Waals surface area contributed by atoms with Crippen molar-refractivity contribution in [1.82, 2.24) is 14.9 Å². The van der Waals surface area contributed by atoms with E-state index in [2.05, 4.69) is 10.6 Å². The average Bonchev–Trinajstić information content (AvgIpc) is 3.11. The summed E-state index contributed by atoms with van der Waals surface area (Å²) in [7, 11) is -4.21. The second-order valence-corrected chi connectivity index (χ2v) is 12.0. The van der Waals surface area contributed by atoms with Gasteiger partial charge in [-0.2, -0.15) is 9.04 Å². The SMILES string of the molecule is Cc1c(C(=O)N[C@H](CC(C)C)C(=O)NC2CCCN(S(=O)(=O)c3cccc[n+]3[O-])CC2=O)oc2ccccc12. The van der Waals surface area contributed by atoms with Gasteiger partial charge in [-0.05, 0) is 44.2 Å². The molecule has 0 saturated carbocycles. The van der Waals surface area contributed by atoms with Gasteiger partial charge < -0.3 is 20.3 Å². The molecule has 2 atom stereocenters. The first kappa shape index (κ1) is 28.2. The van der Waals surface area contributed by atoms with Gasteiger partial charge in [0.05, 0.1) is 12.6 Å². The van der Waals surface area contributed by atoms with Crippen molar-refractivity contribution in [2.45, 2.75) is 57.1 Å². The van der Waals surface area contributed by atoms with Gasteiger partial charge >= 0.3 is 15.0 Å². The van der Waals surface area contributed by atoms with Crippen LogP contribution in [-0.2, 0) is 19.6 Å². The van der Waals surface area contributed by atoms with Crippen LogP contribution in [0.15, 0.2) is 58.1 Å². The molecule has 1 fully saturated rings. The molecule has 12 heteroatoms. The summed E-state index contributed by atoms with van der Waals surface area (Å²) < 4.78 is 33.0. The van der Waals surface area contributed by atoms with E-state index in [1.165, 1.54) is 18.2 Å². The highest BCUT2D eigenvalue weighted by Crippen LogP contribution is 2.25. The maximum atomic E-state index is 13.3. The van der Waals surface area contributed by atoms with Gasteiger partial charge in [0, 0.05) is 29.6 Å². The minimum Gasteiger partial charge on any atom is -0.618 e. The van der Waals surface area contributed by atoms with Crippen LogP contribution in [0.2, 0.25) is 0 Å². The third-order valence-electron chi connectivity index (χ3n) is 6.71. The first-order valence-electron chi connectivity index (χ1n) is 12.8. The molecule has 1 aliphatic heterocycles. The molecule has 0 radical (unpaired) electrons. The van der Waals surface area contributed by atoms with Crippen molar-refractivity contribution in [3.63, 3.8) is 0 Å². The van der Waals surface area contributed by atoms with Crippen LogP contribution < -0.4 is 15.4 Å². The Balaban J connectivity index is 1.47. The van der Waals surface area contributed by atoms with E-state index in [0.717, 1.165) is 15.9 Å². The topological polar surface area (TPSA) is 153 Å². The Hall–Kier alpha value is -3.77. The lowest BCUT2D eigenvalue weighted by Gasteiger charge is -2.23. The van der Waals surface area contributed by atoms with E-state index in [9.17, 15) is 28.0 Å². The van der Waals surface area contributed by atoms with Gasteiger partial charge in [0.1, 0.15) is 11.6 Å². The van der Waals surface area contributed by atoms with E-state index in [4.69, 9.17) is 4.42 Å². The number of nitrogens with zero attached hydrogens (tertiary/aromatic N) is 2. The van der Waals surface area contributed by atoms with Crippen LogP contribution in [0.4, 0.5) is 0 Å². The summed E-state index contributed by atoms with van der Waals surface area (Å²) in [6.45, 7) is 5.12. The zero-order valence-electron chi connectivity index (χ0n) is 22.0. The van der Waals surface area contributed by atoms with E-state index in [0.29, 0.717) is 24.0 Å². The Labute approximate surface area is 226 Å². The first-order chi connectivity index (χ1) is 18.5. The largest absolute Gasteiger partial charge is 0.618 e. The van der Waals surface area contributed by atoms with Gasteiger partial charge in [-0.25, -0.2) is 8.42 Å². The molecule has 1 aliphatic rings. The zero-order chi connectivity index (χ0) is 28.3.